The summed E-state index contributed by atoms with van der Waals surface area (Å²) in [5.74, 6) is -0.195. The lowest BCUT2D eigenvalue weighted by molar-refractivity contribution is -0.119. The number of thiazole rings is 1. The van der Waals surface area contributed by atoms with Crippen molar-refractivity contribution in [2.45, 2.75) is 25.8 Å². The first-order chi connectivity index (χ1) is 15.1. The fraction of sp³-hybridized carbons (Fsp3) is 0.208. The average Bonchev–Trinajstić information content (AvgIpc) is 3.53. The number of carbonyl (C=O) groups excluding carboxylic acids is 2. The number of aromatic nitrogens is 1. The lowest BCUT2D eigenvalue weighted by atomic mass is 10.1. The number of nitrogens with one attached hydrogen (secondary N) is 1. The van der Waals surface area contributed by atoms with Crippen molar-refractivity contribution < 1.29 is 9.59 Å². The number of hydrogen-bond acceptors (Lipinski definition) is 5. The zero-order valence-electron chi connectivity index (χ0n) is 17.0. The molecule has 31 heavy (non-hydrogen) atoms. The molecule has 0 spiro atoms. The Bertz CT molecular complexity index is 1250. The van der Waals surface area contributed by atoms with E-state index < -0.39 is 6.04 Å². The van der Waals surface area contributed by atoms with E-state index in [4.69, 9.17) is 4.98 Å². The predicted molar refractivity (Wildman–Crippen MR) is 127 cm³/mol. The van der Waals surface area contributed by atoms with Crippen LogP contribution in [-0.4, -0.2) is 34.3 Å². The lowest BCUT2D eigenvalue weighted by Gasteiger charge is -2.23. The van der Waals surface area contributed by atoms with E-state index in [1.165, 1.54) is 16.9 Å². The summed E-state index contributed by atoms with van der Waals surface area (Å²) in [6.45, 7) is 2.68. The Hall–Kier alpha value is -3.03. The van der Waals surface area contributed by atoms with Gasteiger partial charge in [-0.25, -0.2) is 4.98 Å². The molecule has 2 aromatic carbocycles. The molecule has 0 bridgehead atoms. The second-order valence-corrected chi connectivity index (χ2v) is 9.67. The molecule has 1 atom stereocenters. The molecule has 1 saturated heterocycles. The van der Waals surface area contributed by atoms with Gasteiger partial charge in [0.1, 0.15) is 11.0 Å². The Labute approximate surface area is 188 Å². The van der Waals surface area contributed by atoms with E-state index in [1.807, 2.05) is 41.8 Å². The molecule has 2 aromatic heterocycles. The molecule has 1 aliphatic rings. The van der Waals surface area contributed by atoms with E-state index in [0.717, 1.165) is 32.9 Å². The van der Waals surface area contributed by atoms with Gasteiger partial charge in [0.05, 0.1) is 15.1 Å². The summed E-state index contributed by atoms with van der Waals surface area (Å²) in [5.41, 5.74) is 3.95. The lowest BCUT2D eigenvalue weighted by Crippen LogP contribution is -2.42. The van der Waals surface area contributed by atoms with E-state index in [0.29, 0.717) is 17.8 Å². The maximum Gasteiger partial charge on any atom is 0.264 e. The van der Waals surface area contributed by atoms with Crippen molar-refractivity contribution in [3.05, 3.63) is 70.4 Å². The Kier molecular flexibility index (Phi) is 5.29. The van der Waals surface area contributed by atoms with Gasteiger partial charge < -0.3 is 10.2 Å². The zero-order chi connectivity index (χ0) is 21.4. The standard InChI is InChI=1S/C24H21N3O2S2/c1-15-6-11-20-18(14-15)26-23(31-20)16-7-9-17(10-8-16)25-22(28)19-4-2-12-27(19)24(29)21-5-3-13-30-21/h3,5-11,13-14,19H,2,4,12H2,1H3,(H,25,28). The van der Waals surface area contributed by atoms with Crippen LogP contribution in [0.3, 0.4) is 0 Å². The molecule has 7 heteroatoms. The first-order valence-corrected chi connectivity index (χ1v) is 11.9. The van der Waals surface area contributed by atoms with Crippen LogP contribution in [0.15, 0.2) is 60.0 Å². The fourth-order valence-electron chi connectivity index (χ4n) is 3.91. The molecule has 0 saturated carbocycles. The summed E-state index contributed by atoms with van der Waals surface area (Å²) in [5, 5.41) is 5.82. The quantitative estimate of drug-likeness (QED) is 0.444. The van der Waals surface area contributed by atoms with Gasteiger partial charge >= 0.3 is 0 Å². The maximum absolute atomic E-state index is 12.9. The van der Waals surface area contributed by atoms with Gasteiger partial charge in [0.25, 0.3) is 5.91 Å². The minimum absolute atomic E-state index is 0.0610. The Morgan fingerprint density at radius 3 is 2.74 bits per heavy atom. The van der Waals surface area contributed by atoms with Crippen LogP contribution in [0.2, 0.25) is 0 Å². The van der Waals surface area contributed by atoms with Crippen LogP contribution < -0.4 is 5.32 Å². The van der Waals surface area contributed by atoms with Crippen molar-refractivity contribution in [3.8, 4) is 10.6 Å². The van der Waals surface area contributed by atoms with E-state index in [2.05, 4.69) is 30.4 Å². The van der Waals surface area contributed by atoms with Crippen LogP contribution in [-0.2, 0) is 4.79 Å². The van der Waals surface area contributed by atoms with Crippen molar-refractivity contribution >= 4 is 50.4 Å². The molecular weight excluding hydrogens is 426 g/mol. The number of aryl methyl sites for hydroxylation is 1. The number of anilines is 1. The molecule has 1 unspecified atom stereocenters. The maximum atomic E-state index is 12.9. The van der Waals surface area contributed by atoms with Gasteiger partial charge in [-0.1, -0.05) is 12.1 Å². The molecule has 0 aliphatic carbocycles. The van der Waals surface area contributed by atoms with E-state index >= 15 is 0 Å². The third-order valence-electron chi connectivity index (χ3n) is 5.49. The second kappa shape index (κ2) is 8.24. The summed E-state index contributed by atoms with van der Waals surface area (Å²) < 4.78 is 1.16. The van der Waals surface area contributed by atoms with Crippen molar-refractivity contribution in [2.75, 3.05) is 11.9 Å². The monoisotopic (exact) mass is 447 g/mol. The fourth-order valence-corrected chi connectivity index (χ4v) is 5.54. The van der Waals surface area contributed by atoms with Crippen molar-refractivity contribution in [1.82, 2.24) is 9.88 Å². The third kappa shape index (κ3) is 3.98. The molecule has 156 valence electrons. The minimum atomic E-state index is -0.429. The molecule has 4 aromatic rings. The number of benzene rings is 2. The first-order valence-electron chi connectivity index (χ1n) is 10.2. The van der Waals surface area contributed by atoms with Crippen LogP contribution in [0, 0.1) is 6.92 Å². The molecule has 1 fully saturated rings. The van der Waals surface area contributed by atoms with Crippen LogP contribution in [0.1, 0.15) is 28.1 Å². The molecule has 2 amide bonds. The van der Waals surface area contributed by atoms with Gasteiger partial charge in [0.2, 0.25) is 5.91 Å². The average molecular weight is 448 g/mol. The molecule has 3 heterocycles. The summed E-state index contributed by atoms with van der Waals surface area (Å²) in [6.07, 6.45) is 1.53. The molecule has 5 rings (SSSR count). The van der Waals surface area contributed by atoms with Crippen molar-refractivity contribution in [2.24, 2.45) is 0 Å². The van der Waals surface area contributed by atoms with Gasteiger partial charge in [0.15, 0.2) is 0 Å². The first kappa shape index (κ1) is 19.9. The number of amides is 2. The van der Waals surface area contributed by atoms with Crippen LogP contribution in [0.25, 0.3) is 20.8 Å². The number of thiophene rings is 1. The summed E-state index contributed by atoms with van der Waals surface area (Å²) in [7, 11) is 0. The molecule has 1 N–H and O–H groups in total. The van der Waals surface area contributed by atoms with Crippen LogP contribution in [0.4, 0.5) is 5.69 Å². The minimum Gasteiger partial charge on any atom is -0.326 e. The topological polar surface area (TPSA) is 62.3 Å². The predicted octanol–water partition coefficient (Wildman–Crippen LogP) is 5.58. The summed E-state index contributed by atoms with van der Waals surface area (Å²) in [4.78, 5) is 32.7. The molecule has 5 nitrogen and oxygen atoms in total. The molecule has 0 radical (unpaired) electrons. The highest BCUT2D eigenvalue weighted by Gasteiger charge is 2.34. The number of rotatable bonds is 4. The third-order valence-corrected chi connectivity index (χ3v) is 7.43. The van der Waals surface area contributed by atoms with Gasteiger partial charge in [0, 0.05) is 17.8 Å². The van der Waals surface area contributed by atoms with Gasteiger partial charge in [-0.15, -0.1) is 22.7 Å². The van der Waals surface area contributed by atoms with E-state index in [-0.39, 0.29) is 11.8 Å². The van der Waals surface area contributed by atoms with Crippen molar-refractivity contribution in [3.63, 3.8) is 0 Å². The Balaban J connectivity index is 1.29. The number of hydrogen-bond donors (Lipinski definition) is 1. The number of carbonyl (C=O) groups is 2. The Morgan fingerprint density at radius 1 is 1.13 bits per heavy atom. The highest BCUT2D eigenvalue weighted by Crippen LogP contribution is 2.31. The highest BCUT2D eigenvalue weighted by molar-refractivity contribution is 7.21. The summed E-state index contributed by atoms with van der Waals surface area (Å²) >= 11 is 3.07. The van der Waals surface area contributed by atoms with Gasteiger partial charge in [-0.05, 0) is 73.2 Å². The van der Waals surface area contributed by atoms with Gasteiger partial charge in [-0.2, -0.15) is 0 Å². The number of nitrogens with zero attached hydrogens (tertiary/aromatic N) is 2. The van der Waals surface area contributed by atoms with Crippen LogP contribution >= 0.6 is 22.7 Å². The van der Waals surface area contributed by atoms with E-state index in [9.17, 15) is 9.59 Å². The van der Waals surface area contributed by atoms with Gasteiger partial charge in [-0.3, -0.25) is 9.59 Å². The van der Waals surface area contributed by atoms with E-state index in [1.54, 1.807) is 16.2 Å². The zero-order valence-corrected chi connectivity index (χ0v) is 18.6. The Morgan fingerprint density at radius 2 is 1.97 bits per heavy atom. The SMILES string of the molecule is Cc1ccc2sc(-c3ccc(NC(=O)C4CCCN4C(=O)c4cccs4)cc3)nc2c1. The smallest absolute Gasteiger partial charge is 0.264 e. The van der Waals surface area contributed by atoms with Crippen LogP contribution in [0.5, 0.6) is 0 Å². The number of fused-ring (bicyclic) bond motifs is 1. The molecule has 1 aliphatic heterocycles. The molecular formula is C24H21N3O2S2. The number of likely N-dealkylation sites (tertiary alicyclic amines) is 1. The normalized spacial score (nSPS) is 16.0. The van der Waals surface area contributed by atoms with Crippen molar-refractivity contribution in [1.29, 1.82) is 0 Å². The highest BCUT2D eigenvalue weighted by atomic mass is 32.1. The summed E-state index contributed by atoms with van der Waals surface area (Å²) in [6, 6.07) is 17.3. The largest absolute Gasteiger partial charge is 0.326 e. The second-order valence-electron chi connectivity index (χ2n) is 7.69.